The van der Waals surface area contributed by atoms with E-state index < -0.39 is 0 Å². The molecule has 0 bridgehead atoms. The number of para-hydroxylation sites is 1. The van der Waals surface area contributed by atoms with Crippen LogP contribution in [0.5, 0.6) is 0 Å². The number of aryl methyl sites for hydroxylation is 1. The van der Waals surface area contributed by atoms with Gasteiger partial charge in [0.15, 0.2) is 5.96 Å². The molecule has 0 unspecified atom stereocenters. The highest BCUT2D eigenvalue weighted by Crippen LogP contribution is 2.18. The molecule has 1 aliphatic heterocycles. The Labute approximate surface area is 139 Å². The molecular weight excluding hydrogens is 363 g/mol. The number of aliphatic imine (C=N–C) groups is 1. The van der Waals surface area contributed by atoms with Crippen molar-refractivity contribution in [3.8, 4) is 0 Å². The van der Waals surface area contributed by atoms with Crippen molar-refractivity contribution < 1.29 is 0 Å². The van der Waals surface area contributed by atoms with Gasteiger partial charge in [-0.05, 0) is 31.9 Å². The quantitative estimate of drug-likeness (QED) is 0.761. The van der Waals surface area contributed by atoms with Crippen LogP contribution in [0.15, 0.2) is 29.3 Å². The summed E-state index contributed by atoms with van der Waals surface area (Å²) in [6.45, 7) is 9.25. The van der Waals surface area contributed by atoms with Crippen LogP contribution in [0, 0.1) is 6.92 Å². The molecule has 0 radical (unpaired) electrons. The number of anilines is 1. The molecule has 2 N–H and O–H groups in total. The highest BCUT2D eigenvalue weighted by Gasteiger charge is 2.07. The maximum Gasteiger partial charge on any atom is 0.191 e. The molecule has 0 aliphatic carbocycles. The van der Waals surface area contributed by atoms with Gasteiger partial charge in [-0.25, -0.2) is 0 Å². The summed E-state index contributed by atoms with van der Waals surface area (Å²) >= 11 is 0. The summed E-state index contributed by atoms with van der Waals surface area (Å²) in [6, 6.07) is 8.55. The van der Waals surface area contributed by atoms with E-state index in [1.54, 1.807) is 0 Å². The van der Waals surface area contributed by atoms with E-state index in [4.69, 9.17) is 0 Å². The Morgan fingerprint density at radius 2 is 2.15 bits per heavy atom. The van der Waals surface area contributed by atoms with Crippen LogP contribution in [0.4, 0.5) is 5.69 Å². The maximum atomic E-state index is 4.42. The van der Waals surface area contributed by atoms with E-state index in [9.17, 15) is 0 Å². The molecule has 0 saturated heterocycles. The van der Waals surface area contributed by atoms with Crippen molar-refractivity contribution in [2.45, 2.75) is 20.3 Å². The molecular formula is C15H25IN4. The third kappa shape index (κ3) is 4.85. The summed E-state index contributed by atoms with van der Waals surface area (Å²) in [5, 5.41) is 6.66. The van der Waals surface area contributed by atoms with Gasteiger partial charge in [-0.3, -0.25) is 4.99 Å². The molecule has 0 aromatic heterocycles. The van der Waals surface area contributed by atoms with E-state index in [1.165, 1.54) is 11.3 Å². The van der Waals surface area contributed by atoms with Gasteiger partial charge in [0, 0.05) is 38.4 Å². The van der Waals surface area contributed by atoms with Crippen molar-refractivity contribution in [2.24, 2.45) is 4.99 Å². The Bertz CT molecular complexity index is 434. The zero-order valence-corrected chi connectivity index (χ0v) is 14.7. The van der Waals surface area contributed by atoms with Gasteiger partial charge in [-0.1, -0.05) is 18.2 Å². The van der Waals surface area contributed by atoms with Crippen LogP contribution in [-0.4, -0.2) is 38.7 Å². The monoisotopic (exact) mass is 388 g/mol. The summed E-state index contributed by atoms with van der Waals surface area (Å²) in [7, 11) is 0. The SMILES string of the molecule is CCN(CCNC1=NCCCN1)c1ccccc1C.I. The van der Waals surface area contributed by atoms with Crippen LogP contribution in [0.2, 0.25) is 0 Å². The summed E-state index contributed by atoms with van der Waals surface area (Å²) < 4.78 is 0. The summed E-state index contributed by atoms with van der Waals surface area (Å²) in [5.74, 6) is 0.951. The number of rotatable bonds is 5. The van der Waals surface area contributed by atoms with E-state index in [0.29, 0.717) is 0 Å². The molecule has 0 amide bonds. The second-order valence-electron chi connectivity index (χ2n) is 4.80. The topological polar surface area (TPSA) is 39.7 Å². The second kappa shape index (κ2) is 9.05. The lowest BCUT2D eigenvalue weighted by Gasteiger charge is -2.26. The number of guanidine groups is 1. The number of likely N-dealkylation sites (N-methyl/N-ethyl adjacent to an activating group) is 1. The maximum absolute atomic E-state index is 4.42. The molecule has 0 saturated carbocycles. The van der Waals surface area contributed by atoms with Crippen LogP contribution in [0.1, 0.15) is 18.9 Å². The first-order chi connectivity index (χ1) is 9.31. The molecule has 1 aliphatic rings. The van der Waals surface area contributed by atoms with Crippen LogP contribution in [0.25, 0.3) is 0 Å². The summed E-state index contributed by atoms with van der Waals surface area (Å²) in [6.07, 6.45) is 1.13. The van der Waals surface area contributed by atoms with Gasteiger partial charge in [0.1, 0.15) is 0 Å². The molecule has 1 aromatic rings. The van der Waals surface area contributed by atoms with Gasteiger partial charge < -0.3 is 15.5 Å². The van der Waals surface area contributed by atoms with Gasteiger partial charge >= 0.3 is 0 Å². The highest BCUT2D eigenvalue weighted by molar-refractivity contribution is 14.0. The van der Waals surface area contributed by atoms with E-state index in [-0.39, 0.29) is 24.0 Å². The second-order valence-corrected chi connectivity index (χ2v) is 4.80. The van der Waals surface area contributed by atoms with Crippen molar-refractivity contribution in [1.82, 2.24) is 10.6 Å². The lowest BCUT2D eigenvalue weighted by molar-refractivity contribution is 0.691. The minimum atomic E-state index is 0. The van der Waals surface area contributed by atoms with E-state index >= 15 is 0 Å². The first-order valence-electron chi connectivity index (χ1n) is 7.14. The molecule has 4 nitrogen and oxygen atoms in total. The van der Waals surface area contributed by atoms with Gasteiger partial charge in [-0.2, -0.15) is 0 Å². The Morgan fingerprint density at radius 3 is 2.80 bits per heavy atom. The van der Waals surface area contributed by atoms with Crippen LogP contribution >= 0.6 is 24.0 Å². The third-order valence-corrected chi connectivity index (χ3v) is 3.41. The number of hydrogen-bond donors (Lipinski definition) is 2. The Kier molecular flexibility index (Phi) is 7.72. The van der Waals surface area contributed by atoms with Gasteiger partial charge in [0.25, 0.3) is 0 Å². The lowest BCUT2D eigenvalue weighted by atomic mass is 10.2. The molecule has 112 valence electrons. The van der Waals surface area contributed by atoms with Gasteiger partial charge in [0.05, 0.1) is 0 Å². The van der Waals surface area contributed by atoms with Crippen molar-refractivity contribution in [2.75, 3.05) is 37.6 Å². The van der Waals surface area contributed by atoms with Crippen molar-refractivity contribution >= 4 is 35.6 Å². The smallest absolute Gasteiger partial charge is 0.191 e. The average molecular weight is 388 g/mol. The molecule has 5 heteroatoms. The number of nitrogens with zero attached hydrogens (tertiary/aromatic N) is 2. The van der Waals surface area contributed by atoms with Gasteiger partial charge in [0.2, 0.25) is 0 Å². The largest absolute Gasteiger partial charge is 0.370 e. The summed E-state index contributed by atoms with van der Waals surface area (Å²) in [4.78, 5) is 6.81. The first kappa shape index (κ1) is 17.1. The Balaban J connectivity index is 0.00000200. The standard InChI is InChI=1S/C15H24N4.HI/c1-3-19(14-8-5-4-7-13(14)2)12-11-18-15-16-9-6-10-17-15;/h4-5,7-8H,3,6,9-12H2,1-2H3,(H2,16,17,18);1H. The normalized spacial score (nSPS) is 13.8. The summed E-state index contributed by atoms with van der Waals surface area (Å²) in [5.41, 5.74) is 2.66. The number of benzene rings is 1. The first-order valence-corrected chi connectivity index (χ1v) is 7.14. The minimum Gasteiger partial charge on any atom is -0.370 e. The molecule has 0 atom stereocenters. The fourth-order valence-corrected chi connectivity index (χ4v) is 2.33. The molecule has 1 aromatic carbocycles. The molecule has 1 heterocycles. The van der Waals surface area contributed by atoms with Gasteiger partial charge in [-0.15, -0.1) is 24.0 Å². The average Bonchev–Trinajstić information content (AvgIpc) is 2.46. The van der Waals surface area contributed by atoms with Crippen molar-refractivity contribution in [1.29, 1.82) is 0 Å². The van der Waals surface area contributed by atoms with Crippen molar-refractivity contribution in [3.05, 3.63) is 29.8 Å². The highest BCUT2D eigenvalue weighted by atomic mass is 127. The molecule has 0 fully saturated rings. The number of hydrogen-bond acceptors (Lipinski definition) is 4. The van der Waals surface area contributed by atoms with Crippen molar-refractivity contribution in [3.63, 3.8) is 0 Å². The number of nitrogens with one attached hydrogen (secondary N) is 2. The van der Waals surface area contributed by atoms with Crippen LogP contribution < -0.4 is 15.5 Å². The zero-order valence-electron chi connectivity index (χ0n) is 12.4. The van der Waals surface area contributed by atoms with E-state index in [0.717, 1.165) is 45.1 Å². The fourth-order valence-electron chi connectivity index (χ4n) is 2.33. The molecule has 20 heavy (non-hydrogen) atoms. The Hall–Kier alpha value is -0.980. The lowest BCUT2D eigenvalue weighted by Crippen LogP contribution is -2.44. The minimum absolute atomic E-state index is 0. The van der Waals surface area contributed by atoms with E-state index in [1.807, 2.05) is 0 Å². The fraction of sp³-hybridized carbons (Fsp3) is 0.533. The predicted octanol–water partition coefficient (Wildman–Crippen LogP) is 2.38. The van der Waals surface area contributed by atoms with Crippen LogP contribution in [0.3, 0.4) is 0 Å². The third-order valence-electron chi connectivity index (χ3n) is 3.41. The molecule has 2 rings (SSSR count). The molecule has 0 spiro atoms. The predicted molar refractivity (Wildman–Crippen MR) is 97.4 cm³/mol. The number of halogens is 1. The van der Waals surface area contributed by atoms with E-state index in [2.05, 4.69) is 58.6 Å². The zero-order chi connectivity index (χ0) is 13.5. The van der Waals surface area contributed by atoms with Crippen LogP contribution in [-0.2, 0) is 0 Å². The Morgan fingerprint density at radius 1 is 1.35 bits per heavy atom.